The van der Waals surface area contributed by atoms with Gasteiger partial charge in [0.2, 0.25) is 0 Å². The van der Waals surface area contributed by atoms with Crippen molar-refractivity contribution >= 4 is 32.5 Å². The summed E-state index contributed by atoms with van der Waals surface area (Å²) in [5.74, 6) is -0.918. The van der Waals surface area contributed by atoms with E-state index in [4.69, 9.17) is 5.11 Å². The molecular formula is C16H10N2O2S. The molecule has 4 aromatic rings. The number of fused-ring (bicyclic) bond motifs is 3. The Kier molecular flexibility index (Phi) is 2.55. The Hall–Kier alpha value is -2.66. The molecule has 2 heterocycles. The van der Waals surface area contributed by atoms with Crippen LogP contribution in [0.4, 0.5) is 0 Å². The number of aromatic nitrogens is 2. The van der Waals surface area contributed by atoms with Gasteiger partial charge in [-0.15, -0.1) is 0 Å². The van der Waals surface area contributed by atoms with Gasteiger partial charge in [-0.05, 0) is 24.3 Å². The van der Waals surface area contributed by atoms with Gasteiger partial charge in [-0.3, -0.25) is 4.40 Å². The van der Waals surface area contributed by atoms with Crippen molar-refractivity contribution < 1.29 is 9.90 Å². The first-order valence-electron chi connectivity index (χ1n) is 6.43. The molecule has 0 aliphatic rings. The molecule has 0 unspecified atom stereocenters. The fourth-order valence-electron chi connectivity index (χ4n) is 2.37. The number of carboxylic acid groups (broad SMARTS) is 1. The average Bonchev–Trinajstić information content (AvgIpc) is 3.05. The maximum Gasteiger partial charge on any atom is 0.335 e. The number of hydrogen-bond acceptors (Lipinski definition) is 3. The normalized spacial score (nSPS) is 11.2. The minimum Gasteiger partial charge on any atom is -0.478 e. The van der Waals surface area contributed by atoms with Crippen LogP contribution in [0, 0.1) is 0 Å². The van der Waals surface area contributed by atoms with Crippen molar-refractivity contribution in [3.05, 3.63) is 60.3 Å². The Balaban J connectivity index is 1.85. The average molecular weight is 294 g/mol. The van der Waals surface area contributed by atoms with Gasteiger partial charge in [-0.2, -0.15) is 0 Å². The van der Waals surface area contributed by atoms with Gasteiger partial charge in [-0.25, -0.2) is 9.78 Å². The minimum atomic E-state index is -0.918. The summed E-state index contributed by atoms with van der Waals surface area (Å²) in [5.41, 5.74) is 3.19. The van der Waals surface area contributed by atoms with E-state index < -0.39 is 5.97 Å². The third-order valence-electron chi connectivity index (χ3n) is 3.43. The monoisotopic (exact) mass is 294 g/mol. The van der Waals surface area contributed by atoms with Gasteiger partial charge in [0.25, 0.3) is 0 Å². The molecule has 4 nitrogen and oxygen atoms in total. The first-order chi connectivity index (χ1) is 10.2. The molecule has 21 heavy (non-hydrogen) atoms. The summed E-state index contributed by atoms with van der Waals surface area (Å²) in [5, 5.41) is 8.93. The molecule has 0 amide bonds. The van der Waals surface area contributed by atoms with Crippen LogP contribution in [-0.2, 0) is 0 Å². The summed E-state index contributed by atoms with van der Waals surface area (Å²) in [4.78, 5) is 16.4. The van der Waals surface area contributed by atoms with Gasteiger partial charge >= 0.3 is 5.97 Å². The predicted octanol–water partition coefficient (Wildman–Crippen LogP) is 3.91. The van der Waals surface area contributed by atoms with Crippen LogP contribution in [0.1, 0.15) is 10.4 Å². The molecule has 0 spiro atoms. The van der Waals surface area contributed by atoms with Gasteiger partial charge in [-0.1, -0.05) is 35.6 Å². The van der Waals surface area contributed by atoms with E-state index in [0.29, 0.717) is 0 Å². The lowest BCUT2D eigenvalue weighted by Crippen LogP contribution is -1.94. The zero-order valence-electron chi connectivity index (χ0n) is 10.9. The maximum absolute atomic E-state index is 10.9. The standard InChI is InChI=1S/C16H10N2O2S/c19-15(20)11-7-5-10(6-8-11)12-9-18-13-3-1-2-4-14(13)21-16(18)17-12/h1-9H,(H,19,20). The fourth-order valence-corrected chi connectivity index (χ4v) is 3.38. The lowest BCUT2D eigenvalue weighted by atomic mass is 10.1. The Morgan fingerprint density at radius 2 is 1.86 bits per heavy atom. The van der Waals surface area contributed by atoms with E-state index in [9.17, 15) is 4.79 Å². The first kappa shape index (κ1) is 12.1. The summed E-state index contributed by atoms with van der Waals surface area (Å²) >= 11 is 1.64. The number of para-hydroxylation sites is 1. The van der Waals surface area contributed by atoms with Gasteiger partial charge in [0.1, 0.15) is 0 Å². The van der Waals surface area contributed by atoms with Crippen LogP contribution in [0.25, 0.3) is 26.4 Å². The zero-order chi connectivity index (χ0) is 14.4. The van der Waals surface area contributed by atoms with E-state index in [2.05, 4.69) is 21.5 Å². The molecular weight excluding hydrogens is 284 g/mol. The van der Waals surface area contributed by atoms with Gasteiger partial charge in [0.15, 0.2) is 4.96 Å². The second-order valence-electron chi connectivity index (χ2n) is 4.73. The molecule has 2 aromatic carbocycles. The van der Waals surface area contributed by atoms with Crippen molar-refractivity contribution in [3.63, 3.8) is 0 Å². The smallest absolute Gasteiger partial charge is 0.335 e. The Morgan fingerprint density at radius 1 is 1.10 bits per heavy atom. The molecule has 0 fully saturated rings. The van der Waals surface area contributed by atoms with Gasteiger partial charge in [0.05, 0.1) is 21.5 Å². The van der Waals surface area contributed by atoms with E-state index in [-0.39, 0.29) is 5.56 Å². The third-order valence-corrected chi connectivity index (χ3v) is 4.46. The topological polar surface area (TPSA) is 54.6 Å². The molecule has 5 heteroatoms. The minimum absolute atomic E-state index is 0.283. The van der Waals surface area contributed by atoms with Crippen LogP contribution in [-0.4, -0.2) is 20.5 Å². The highest BCUT2D eigenvalue weighted by Crippen LogP contribution is 2.29. The summed E-state index contributed by atoms with van der Waals surface area (Å²) in [6.07, 6.45) is 1.99. The highest BCUT2D eigenvalue weighted by Gasteiger charge is 2.10. The van der Waals surface area contributed by atoms with Crippen molar-refractivity contribution in [3.8, 4) is 11.3 Å². The number of benzene rings is 2. The first-order valence-corrected chi connectivity index (χ1v) is 7.24. The molecule has 0 bridgehead atoms. The SMILES string of the molecule is O=C(O)c1ccc(-c2cn3c(n2)sc2ccccc23)cc1. The van der Waals surface area contributed by atoms with E-state index in [1.807, 2.05) is 18.3 Å². The van der Waals surface area contributed by atoms with E-state index in [1.54, 1.807) is 35.6 Å². The molecule has 0 atom stereocenters. The van der Waals surface area contributed by atoms with E-state index in [1.165, 1.54) is 4.70 Å². The van der Waals surface area contributed by atoms with Gasteiger partial charge in [0, 0.05) is 11.8 Å². The number of thiazole rings is 1. The number of nitrogens with zero attached hydrogens (tertiary/aromatic N) is 2. The van der Waals surface area contributed by atoms with Crippen LogP contribution in [0.5, 0.6) is 0 Å². The van der Waals surface area contributed by atoms with Crippen molar-refractivity contribution in [2.75, 3.05) is 0 Å². The van der Waals surface area contributed by atoms with Crippen LogP contribution in [0.2, 0.25) is 0 Å². The van der Waals surface area contributed by atoms with Crippen molar-refractivity contribution in [1.82, 2.24) is 9.38 Å². The Bertz CT molecular complexity index is 967. The second-order valence-corrected chi connectivity index (χ2v) is 5.74. The molecule has 0 aliphatic carbocycles. The highest BCUT2D eigenvalue weighted by atomic mass is 32.1. The van der Waals surface area contributed by atoms with Crippen LogP contribution >= 0.6 is 11.3 Å². The molecule has 2 aromatic heterocycles. The summed E-state index contributed by atoms with van der Waals surface area (Å²) in [7, 11) is 0. The van der Waals surface area contributed by atoms with Crippen molar-refractivity contribution in [2.24, 2.45) is 0 Å². The molecule has 102 valence electrons. The molecule has 0 aliphatic heterocycles. The second kappa shape index (κ2) is 4.43. The summed E-state index contributed by atoms with van der Waals surface area (Å²) < 4.78 is 3.27. The molecule has 1 N–H and O–H groups in total. The van der Waals surface area contributed by atoms with E-state index >= 15 is 0 Å². The number of carboxylic acids is 1. The quantitative estimate of drug-likeness (QED) is 0.609. The summed E-state index contributed by atoms with van der Waals surface area (Å²) in [6, 6.07) is 15.0. The number of aromatic carboxylic acids is 1. The molecule has 4 rings (SSSR count). The lowest BCUT2D eigenvalue weighted by molar-refractivity contribution is 0.0697. The van der Waals surface area contributed by atoms with Crippen LogP contribution in [0.3, 0.4) is 0 Å². The number of imidazole rings is 1. The Labute approximate surface area is 123 Å². The maximum atomic E-state index is 10.9. The predicted molar refractivity (Wildman–Crippen MR) is 83.0 cm³/mol. The number of carbonyl (C=O) groups is 1. The molecule has 0 saturated carbocycles. The van der Waals surface area contributed by atoms with Crippen LogP contribution in [0.15, 0.2) is 54.7 Å². The Morgan fingerprint density at radius 3 is 2.62 bits per heavy atom. The van der Waals surface area contributed by atoms with Crippen LogP contribution < -0.4 is 0 Å². The third kappa shape index (κ3) is 1.90. The van der Waals surface area contributed by atoms with E-state index in [0.717, 1.165) is 21.7 Å². The lowest BCUT2D eigenvalue weighted by Gasteiger charge is -1.97. The summed E-state index contributed by atoms with van der Waals surface area (Å²) in [6.45, 7) is 0. The van der Waals surface area contributed by atoms with Gasteiger partial charge < -0.3 is 5.11 Å². The number of hydrogen-bond donors (Lipinski definition) is 1. The highest BCUT2D eigenvalue weighted by molar-refractivity contribution is 7.23. The number of rotatable bonds is 2. The van der Waals surface area contributed by atoms with Crippen molar-refractivity contribution in [2.45, 2.75) is 0 Å². The largest absolute Gasteiger partial charge is 0.478 e. The zero-order valence-corrected chi connectivity index (χ0v) is 11.7. The molecule has 0 radical (unpaired) electrons. The van der Waals surface area contributed by atoms with Crippen molar-refractivity contribution in [1.29, 1.82) is 0 Å². The fraction of sp³-hybridized carbons (Fsp3) is 0. The molecule has 0 saturated heterocycles.